The Hall–Kier alpha value is -0.120. The Morgan fingerprint density at radius 3 is 2.64 bits per heavy atom. The highest BCUT2D eigenvalue weighted by Crippen LogP contribution is 2.43. The van der Waals surface area contributed by atoms with E-state index in [9.17, 15) is 0 Å². The first-order chi connectivity index (χ1) is 6.86. The van der Waals surface area contributed by atoms with Crippen LogP contribution in [0.4, 0.5) is 0 Å². The van der Waals surface area contributed by atoms with Gasteiger partial charge in [-0.1, -0.05) is 0 Å². The minimum Gasteiger partial charge on any atom is -0.375 e. The molecule has 0 aromatic carbocycles. The van der Waals surface area contributed by atoms with Crippen molar-refractivity contribution in [2.75, 3.05) is 19.7 Å². The molecule has 3 rings (SSSR count). The summed E-state index contributed by atoms with van der Waals surface area (Å²) in [5.74, 6) is 0. The van der Waals surface area contributed by atoms with Gasteiger partial charge in [0.2, 0.25) is 0 Å². The first-order valence-electron chi connectivity index (χ1n) is 5.86. The lowest BCUT2D eigenvalue weighted by Crippen LogP contribution is -2.53. The van der Waals surface area contributed by atoms with Crippen LogP contribution in [-0.2, 0) is 9.47 Å². The second-order valence-electron chi connectivity index (χ2n) is 4.92. The Kier molecular flexibility index (Phi) is 2.26. The lowest BCUT2D eigenvalue weighted by Gasteiger charge is -2.48. The van der Waals surface area contributed by atoms with E-state index in [4.69, 9.17) is 9.47 Å². The Labute approximate surface area is 85.1 Å². The molecular weight excluding hydrogens is 178 g/mol. The normalized spacial score (nSPS) is 36.4. The molecule has 2 saturated heterocycles. The van der Waals surface area contributed by atoms with Crippen molar-refractivity contribution in [2.45, 2.75) is 49.9 Å². The highest BCUT2D eigenvalue weighted by Gasteiger charge is 2.43. The van der Waals surface area contributed by atoms with Gasteiger partial charge in [0.15, 0.2) is 0 Å². The fourth-order valence-electron chi connectivity index (χ4n) is 2.65. The lowest BCUT2D eigenvalue weighted by atomic mass is 9.74. The van der Waals surface area contributed by atoms with Gasteiger partial charge >= 0.3 is 0 Å². The van der Waals surface area contributed by atoms with Crippen LogP contribution in [0.25, 0.3) is 0 Å². The molecule has 1 N–H and O–H groups in total. The molecule has 0 radical (unpaired) electrons. The third-order valence-corrected chi connectivity index (χ3v) is 3.84. The van der Waals surface area contributed by atoms with Gasteiger partial charge in [-0.05, 0) is 25.7 Å². The van der Waals surface area contributed by atoms with E-state index >= 15 is 0 Å². The molecule has 3 aliphatic rings. The maximum Gasteiger partial charge on any atom is 0.0827 e. The lowest BCUT2D eigenvalue weighted by molar-refractivity contribution is -0.182. The monoisotopic (exact) mass is 197 g/mol. The molecule has 0 aromatic rings. The molecule has 0 amide bonds. The van der Waals surface area contributed by atoms with Crippen LogP contribution in [0, 0.1) is 0 Å². The van der Waals surface area contributed by atoms with E-state index in [0.717, 1.165) is 32.5 Å². The summed E-state index contributed by atoms with van der Waals surface area (Å²) in [6.07, 6.45) is 7.05. The Bertz CT molecular complexity index is 211. The van der Waals surface area contributed by atoms with E-state index in [-0.39, 0.29) is 5.60 Å². The molecule has 2 heterocycles. The molecule has 1 unspecified atom stereocenters. The number of hydrogen-bond acceptors (Lipinski definition) is 3. The number of hydrogen-bond donors (Lipinski definition) is 1. The second-order valence-corrected chi connectivity index (χ2v) is 4.92. The van der Waals surface area contributed by atoms with Crippen molar-refractivity contribution in [1.82, 2.24) is 5.32 Å². The predicted molar refractivity (Wildman–Crippen MR) is 53.3 cm³/mol. The topological polar surface area (TPSA) is 30.5 Å². The molecular formula is C11H19NO2. The van der Waals surface area contributed by atoms with Crippen molar-refractivity contribution in [1.29, 1.82) is 0 Å². The Morgan fingerprint density at radius 2 is 2.07 bits per heavy atom. The SMILES string of the molecule is C1CC2(C1)CC(OC1CNC1)CCO2. The zero-order chi connectivity index (χ0) is 9.43. The van der Waals surface area contributed by atoms with Gasteiger partial charge in [0.1, 0.15) is 0 Å². The van der Waals surface area contributed by atoms with Crippen molar-refractivity contribution in [3.8, 4) is 0 Å². The molecule has 1 aliphatic carbocycles. The van der Waals surface area contributed by atoms with Gasteiger partial charge in [-0.15, -0.1) is 0 Å². The molecule has 1 saturated carbocycles. The maximum absolute atomic E-state index is 6.02. The Balaban J connectivity index is 1.53. The van der Waals surface area contributed by atoms with E-state index in [1.165, 1.54) is 19.3 Å². The molecule has 0 bridgehead atoms. The van der Waals surface area contributed by atoms with E-state index in [1.807, 2.05) is 0 Å². The predicted octanol–water partition coefficient (Wildman–Crippen LogP) is 1.08. The first kappa shape index (κ1) is 9.13. The molecule has 1 atom stereocenters. The molecule has 80 valence electrons. The van der Waals surface area contributed by atoms with Crippen molar-refractivity contribution >= 4 is 0 Å². The number of ether oxygens (including phenoxy) is 2. The van der Waals surface area contributed by atoms with Crippen LogP contribution in [0.2, 0.25) is 0 Å². The Morgan fingerprint density at radius 1 is 1.21 bits per heavy atom. The second kappa shape index (κ2) is 3.47. The molecule has 2 aliphatic heterocycles. The fourth-order valence-corrected chi connectivity index (χ4v) is 2.65. The molecule has 3 fully saturated rings. The highest BCUT2D eigenvalue weighted by molar-refractivity contribution is 4.95. The van der Waals surface area contributed by atoms with Crippen LogP contribution in [0.5, 0.6) is 0 Å². The summed E-state index contributed by atoms with van der Waals surface area (Å²) in [7, 11) is 0. The van der Waals surface area contributed by atoms with Crippen LogP contribution in [0.15, 0.2) is 0 Å². The van der Waals surface area contributed by atoms with Gasteiger partial charge < -0.3 is 14.8 Å². The van der Waals surface area contributed by atoms with Gasteiger partial charge in [-0.3, -0.25) is 0 Å². The summed E-state index contributed by atoms with van der Waals surface area (Å²) >= 11 is 0. The van der Waals surface area contributed by atoms with Gasteiger partial charge in [0.05, 0.1) is 17.8 Å². The van der Waals surface area contributed by atoms with Crippen molar-refractivity contribution in [2.24, 2.45) is 0 Å². The quantitative estimate of drug-likeness (QED) is 0.718. The average Bonchev–Trinajstić information content (AvgIpc) is 2.10. The summed E-state index contributed by atoms with van der Waals surface area (Å²) in [6, 6.07) is 0. The summed E-state index contributed by atoms with van der Waals surface area (Å²) in [5, 5.41) is 3.24. The summed E-state index contributed by atoms with van der Waals surface area (Å²) < 4.78 is 11.9. The van der Waals surface area contributed by atoms with E-state index < -0.39 is 0 Å². The zero-order valence-electron chi connectivity index (χ0n) is 8.63. The molecule has 1 spiro atoms. The van der Waals surface area contributed by atoms with Gasteiger partial charge in [-0.2, -0.15) is 0 Å². The molecule has 3 heteroatoms. The van der Waals surface area contributed by atoms with Crippen LogP contribution >= 0.6 is 0 Å². The fraction of sp³-hybridized carbons (Fsp3) is 1.00. The van der Waals surface area contributed by atoms with Gasteiger partial charge in [0, 0.05) is 26.1 Å². The molecule has 3 nitrogen and oxygen atoms in total. The van der Waals surface area contributed by atoms with Crippen molar-refractivity contribution in [3.63, 3.8) is 0 Å². The van der Waals surface area contributed by atoms with Crippen LogP contribution in [-0.4, -0.2) is 37.5 Å². The average molecular weight is 197 g/mol. The van der Waals surface area contributed by atoms with E-state index in [1.54, 1.807) is 0 Å². The van der Waals surface area contributed by atoms with E-state index in [2.05, 4.69) is 5.32 Å². The summed E-state index contributed by atoms with van der Waals surface area (Å²) in [5.41, 5.74) is 0.236. The zero-order valence-corrected chi connectivity index (χ0v) is 8.63. The van der Waals surface area contributed by atoms with Gasteiger partial charge in [-0.25, -0.2) is 0 Å². The minimum absolute atomic E-state index is 0.236. The van der Waals surface area contributed by atoms with Gasteiger partial charge in [0.25, 0.3) is 0 Å². The molecule has 14 heavy (non-hydrogen) atoms. The van der Waals surface area contributed by atoms with Crippen LogP contribution < -0.4 is 5.32 Å². The van der Waals surface area contributed by atoms with E-state index in [0.29, 0.717) is 12.2 Å². The standard InChI is InChI=1S/C11H19NO2/c1-3-11(4-1)6-9(2-5-13-11)14-10-7-12-8-10/h9-10,12H,1-8H2. The first-order valence-corrected chi connectivity index (χ1v) is 5.86. The van der Waals surface area contributed by atoms with Crippen LogP contribution in [0.1, 0.15) is 32.1 Å². The summed E-state index contributed by atoms with van der Waals surface area (Å²) in [4.78, 5) is 0. The van der Waals surface area contributed by atoms with Crippen LogP contribution in [0.3, 0.4) is 0 Å². The number of rotatable bonds is 2. The third kappa shape index (κ3) is 1.58. The number of nitrogens with one attached hydrogen (secondary N) is 1. The summed E-state index contributed by atoms with van der Waals surface area (Å²) in [6.45, 7) is 3.00. The highest BCUT2D eigenvalue weighted by atomic mass is 16.5. The largest absolute Gasteiger partial charge is 0.375 e. The van der Waals surface area contributed by atoms with Crippen molar-refractivity contribution in [3.05, 3.63) is 0 Å². The van der Waals surface area contributed by atoms with Crippen molar-refractivity contribution < 1.29 is 9.47 Å². The molecule has 0 aromatic heterocycles. The maximum atomic E-state index is 6.02. The smallest absolute Gasteiger partial charge is 0.0827 e. The third-order valence-electron chi connectivity index (χ3n) is 3.84. The minimum atomic E-state index is 0.236.